The van der Waals surface area contributed by atoms with E-state index in [2.05, 4.69) is 15.9 Å². The Labute approximate surface area is 76.1 Å². The summed E-state index contributed by atoms with van der Waals surface area (Å²) in [5.41, 5.74) is 0. The van der Waals surface area contributed by atoms with Crippen LogP contribution >= 0.6 is 15.9 Å². The van der Waals surface area contributed by atoms with Crippen molar-refractivity contribution >= 4 is 21.9 Å². The topological polar surface area (TPSA) is 40.1 Å². The second-order valence-corrected chi connectivity index (χ2v) is 4.49. The van der Waals surface area contributed by atoms with E-state index in [9.17, 15) is 9.90 Å². The molecule has 0 aromatic heterocycles. The minimum Gasteiger partial charge on any atom is -0.550 e. The van der Waals surface area contributed by atoms with E-state index < -0.39 is 5.97 Å². The van der Waals surface area contributed by atoms with Crippen LogP contribution in [-0.4, -0.2) is 10.3 Å². The summed E-state index contributed by atoms with van der Waals surface area (Å²) in [6, 6.07) is 0. The first-order chi connectivity index (χ1) is 5.04. The van der Waals surface area contributed by atoms with Crippen LogP contribution in [0, 0.1) is 0 Å². The molecule has 0 spiro atoms. The van der Waals surface area contributed by atoms with Gasteiger partial charge in [0.05, 0.1) is 0 Å². The lowest BCUT2D eigenvalue weighted by molar-refractivity contribution is -0.306. The molecule has 0 N–H and O–H groups in total. The van der Waals surface area contributed by atoms with Crippen molar-refractivity contribution in [3.05, 3.63) is 0 Å². The molecule has 0 aliphatic rings. The number of halogens is 1. The normalized spacial score (nSPS) is 15.9. The molecule has 0 heterocycles. The van der Waals surface area contributed by atoms with Gasteiger partial charge in [-0.2, -0.15) is 0 Å². The molecule has 1 atom stereocenters. The minimum atomic E-state index is -0.975. The van der Waals surface area contributed by atoms with E-state index in [4.69, 9.17) is 0 Å². The van der Waals surface area contributed by atoms with Crippen LogP contribution in [0.1, 0.15) is 39.5 Å². The van der Waals surface area contributed by atoms with Gasteiger partial charge in [-0.15, -0.1) is 0 Å². The van der Waals surface area contributed by atoms with Crippen LogP contribution in [0.3, 0.4) is 0 Å². The Hall–Kier alpha value is -0.0500. The number of alkyl halides is 1. The van der Waals surface area contributed by atoms with Gasteiger partial charge in [0, 0.05) is 16.7 Å². The molecular weight excluding hydrogens is 208 g/mol. The van der Waals surface area contributed by atoms with Gasteiger partial charge in [-0.3, -0.25) is 0 Å². The lowest BCUT2D eigenvalue weighted by Gasteiger charge is -2.25. The Balaban J connectivity index is 3.98. The van der Waals surface area contributed by atoms with Crippen molar-refractivity contribution in [2.24, 2.45) is 0 Å². The largest absolute Gasteiger partial charge is 0.550 e. The number of aliphatic carboxylic acids is 1. The van der Waals surface area contributed by atoms with Gasteiger partial charge in [0.1, 0.15) is 0 Å². The SMILES string of the molecule is CCCC(Br)(CC)CC(=O)[O-]. The Bertz CT molecular complexity index is 136. The molecule has 0 rings (SSSR count). The maximum absolute atomic E-state index is 10.3. The molecule has 2 nitrogen and oxygen atoms in total. The van der Waals surface area contributed by atoms with Gasteiger partial charge in [0.2, 0.25) is 0 Å². The van der Waals surface area contributed by atoms with Gasteiger partial charge in [-0.05, 0) is 12.8 Å². The molecule has 0 aromatic carbocycles. The maximum atomic E-state index is 10.3. The molecule has 0 aromatic rings. The molecule has 0 aliphatic carbocycles. The van der Waals surface area contributed by atoms with Gasteiger partial charge < -0.3 is 9.90 Å². The summed E-state index contributed by atoms with van der Waals surface area (Å²) in [6.07, 6.45) is 2.82. The van der Waals surface area contributed by atoms with E-state index in [1.54, 1.807) is 0 Å². The zero-order valence-corrected chi connectivity index (χ0v) is 8.61. The van der Waals surface area contributed by atoms with Crippen LogP contribution in [-0.2, 0) is 4.79 Å². The molecule has 0 fully saturated rings. The summed E-state index contributed by atoms with van der Waals surface area (Å²) >= 11 is 3.42. The Morgan fingerprint density at radius 2 is 2.09 bits per heavy atom. The molecule has 0 radical (unpaired) electrons. The highest BCUT2D eigenvalue weighted by atomic mass is 79.9. The number of carboxylic acids is 1. The summed E-state index contributed by atoms with van der Waals surface area (Å²) in [5, 5.41) is 10.3. The number of rotatable bonds is 5. The van der Waals surface area contributed by atoms with Crippen LogP contribution < -0.4 is 5.11 Å². The van der Waals surface area contributed by atoms with E-state index in [0.29, 0.717) is 0 Å². The maximum Gasteiger partial charge on any atom is 0.0428 e. The highest BCUT2D eigenvalue weighted by molar-refractivity contribution is 9.10. The lowest BCUT2D eigenvalue weighted by atomic mass is 9.97. The summed E-state index contributed by atoms with van der Waals surface area (Å²) in [5.74, 6) is -0.975. The predicted molar refractivity (Wildman–Crippen MR) is 46.5 cm³/mol. The number of hydrogen-bond donors (Lipinski definition) is 0. The lowest BCUT2D eigenvalue weighted by Crippen LogP contribution is -2.32. The average Bonchev–Trinajstić information content (AvgIpc) is 1.87. The van der Waals surface area contributed by atoms with Crippen LogP contribution in [0.4, 0.5) is 0 Å². The van der Waals surface area contributed by atoms with Gasteiger partial charge >= 0.3 is 0 Å². The van der Waals surface area contributed by atoms with Crippen LogP contribution in [0.5, 0.6) is 0 Å². The quantitative estimate of drug-likeness (QED) is 0.661. The molecular formula is C8H14BrO2-. The fourth-order valence-electron chi connectivity index (χ4n) is 1.10. The summed E-state index contributed by atoms with van der Waals surface area (Å²) < 4.78 is -0.236. The fourth-order valence-corrected chi connectivity index (χ4v) is 1.72. The minimum absolute atomic E-state index is 0.108. The molecule has 0 bridgehead atoms. The number of carboxylic acid groups (broad SMARTS) is 1. The second-order valence-electron chi connectivity index (χ2n) is 2.80. The highest BCUT2D eigenvalue weighted by Gasteiger charge is 2.22. The van der Waals surface area contributed by atoms with Crippen molar-refractivity contribution < 1.29 is 9.90 Å². The molecule has 0 saturated carbocycles. The Morgan fingerprint density at radius 1 is 1.55 bits per heavy atom. The molecule has 3 heteroatoms. The molecule has 0 saturated heterocycles. The van der Waals surface area contributed by atoms with E-state index in [1.807, 2.05) is 13.8 Å². The molecule has 11 heavy (non-hydrogen) atoms. The smallest absolute Gasteiger partial charge is 0.0428 e. The highest BCUT2D eigenvalue weighted by Crippen LogP contribution is 2.31. The molecule has 66 valence electrons. The number of carbonyl (C=O) groups excluding carboxylic acids is 1. The Kier molecular flexibility index (Phi) is 4.73. The van der Waals surface area contributed by atoms with Crippen molar-refractivity contribution in [3.63, 3.8) is 0 Å². The number of hydrogen-bond acceptors (Lipinski definition) is 2. The first kappa shape index (κ1) is 11.0. The summed E-state index contributed by atoms with van der Waals surface area (Å²) in [7, 11) is 0. The van der Waals surface area contributed by atoms with Gasteiger partial charge in [0.25, 0.3) is 0 Å². The van der Waals surface area contributed by atoms with Crippen LogP contribution in [0.25, 0.3) is 0 Å². The van der Waals surface area contributed by atoms with Gasteiger partial charge in [0.15, 0.2) is 0 Å². The third-order valence-electron chi connectivity index (χ3n) is 1.79. The Morgan fingerprint density at radius 3 is 2.36 bits per heavy atom. The average molecular weight is 222 g/mol. The van der Waals surface area contributed by atoms with Crippen molar-refractivity contribution in [2.45, 2.75) is 43.9 Å². The summed E-state index contributed by atoms with van der Waals surface area (Å²) in [6.45, 7) is 4.02. The van der Waals surface area contributed by atoms with Crippen LogP contribution in [0.2, 0.25) is 0 Å². The molecule has 0 aliphatic heterocycles. The standard InChI is InChI=1S/C8H15BrO2/c1-3-5-8(9,4-2)6-7(10)11/h3-6H2,1-2H3,(H,10,11)/p-1. The zero-order valence-electron chi connectivity index (χ0n) is 7.02. The first-order valence-electron chi connectivity index (χ1n) is 3.93. The van der Waals surface area contributed by atoms with Crippen molar-refractivity contribution in [1.29, 1.82) is 0 Å². The van der Waals surface area contributed by atoms with Crippen molar-refractivity contribution in [2.75, 3.05) is 0 Å². The summed E-state index contributed by atoms with van der Waals surface area (Å²) in [4.78, 5) is 10.3. The van der Waals surface area contributed by atoms with E-state index in [0.717, 1.165) is 19.3 Å². The van der Waals surface area contributed by atoms with E-state index in [1.165, 1.54) is 0 Å². The third kappa shape index (κ3) is 4.40. The second kappa shape index (κ2) is 4.75. The molecule has 0 amide bonds. The third-order valence-corrected chi connectivity index (χ3v) is 3.03. The van der Waals surface area contributed by atoms with E-state index >= 15 is 0 Å². The monoisotopic (exact) mass is 221 g/mol. The fraction of sp³-hybridized carbons (Fsp3) is 0.875. The van der Waals surface area contributed by atoms with Gasteiger partial charge in [-0.25, -0.2) is 0 Å². The van der Waals surface area contributed by atoms with Crippen molar-refractivity contribution in [3.8, 4) is 0 Å². The van der Waals surface area contributed by atoms with Crippen LogP contribution in [0.15, 0.2) is 0 Å². The first-order valence-corrected chi connectivity index (χ1v) is 4.72. The number of carbonyl (C=O) groups is 1. The zero-order chi connectivity index (χ0) is 8.91. The predicted octanol–water partition coefficient (Wildman–Crippen LogP) is 1.47. The molecule has 1 unspecified atom stereocenters. The van der Waals surface area contributed by atoms with Gasteiger partial charge in [-0.1, -0.05) is 36.2 Å². The van der Waals surface area contributed by atoms with E-state index in [-0.39, 0.29) is 10.7 Å². The van der Waals surface area contributed by atoms with Crippen molar-refractivity contribution in [1.82, 2.24) is 0 Å².